The lowest BCUT2D eigenvalue weighted by molar-refractivity contribution is 0.405. The van der Waals surface area contributed by atoms with Gasteiger partial charge in [0.15, 0.2) is 5.88 Å². The Morgan fingerprint density at radius 1 is 1.15 bits per heavy atom. The summed E-state index contributed by atoms with van der Waals surface area (Å²) in [6.07, 6.45) is 3.33. The third-order valence-electron chi connectivity index (χ3n) is 4.49. The van der Waals surface area contributed by atoms with Gasteiger partial charge in [-0.3, -0.25) is 0 Å². The van der Waals surface area contributed by atoms with Crippen molar-refractivity contribution in [2.75, 3.05) is 0 Å². The van der Waals surface area contributed by atoms with Gasteiger partial charge >= 0.3 is 0 Å². The number of pyridine rings is 1. The highest BCUT2D eigenvalue weighted by molar-refractivity contribution is 5.91. The predicted octanol–water partition coefficient (Wildman–Crippen LogP) is 4.02. The number of benzene rings is 1. The van der Waals surface area contributed by atoms with Crippen LogP contribution in [0.2, 0.25) is 0 Å². The Bertz CT molecular complexity index is 1110. The molecule has 0 unspecified atom stereocenters. The van der Waals surface area contributed by atoms with Crippen LogP contribution in [-0.2, 0) is 0 Å². The Balaban J connectivity index is 1.81. The number of aromatic hydroxyl groups is 1. The molecule has 0 aliphatic heterocycles. The first-order valence-corrected chi connectivity index (χ1v) is 8.34. The van der Waals surface area contributed by atoms with Crippen LogP contribution in [0.3, 0.4) is 0 Å². The van der Waals surface area contributed by atoms with Gasteiger partial charge in [-0.05, 0) is 39.0 Å². The average Bonchev–Trinajstić information content (AvgIpc) is 3.15. The molecule has 0 saturated carbocycles. The lowest BCUT2D eigenvalue weighted by Gasteiger charge is -2.07. The molecular weight excluding hydrogens is 333 g/mol. The Kier molecular flexibility index (Phi) is 3.72. The normalized spacial score (nSPS) is 11.6. The van der Waals surface area contributed by atoms with E-state index < -0.39 is 5.95 Å². The summed E-state index contributed by atoms with van der Waals surface area (Å²) < 4.78 is 16.8. The third-order valence-corrected chi connectivity index (χ3v) is 4.49. The molecular formula is C19H18FN5O. The van der Waals surface area contributed by atoms with Crippen LogP contribution in [0.4, 0.5) is 4.39 Å². The van der Waals surface area contributed by atoms with Gasteiger partial charge < -0.3 is 9.67 Å². The van der Waals surface area contributed by atoms with Crippen LogP contribution < -0.4 is 0 Å². The van der Waals surface area contributed by atoms with E-state index in [0.717, 1.165) is 22.0 Å². The van der Waals surface area contributed by atoms with Crippen molar-refractivity contribution in [3.05, 3.63) is 54.4 Å². The molecule has 0 bridgehead atoms. The average molecular weight is 351 g/mol. The van der Waals surface area contributed by atoms with E-state index in [1.165, 1.54) is 12.3 Å². The molecule has 132 valence electrons. The smallest absolute Gasteiger partial charge is 0.214 e. The summed E-state index contributed by atoms with van der Waals surface area (Å²) in [6, 6.07) is 8.91. The van der Waals surface area contributed by atoms with E-state index in [9.17, 15) is 9.50 Å². The Labute approximate surface area is 149 Å². The maximum atomic E-state index is 13.4. The van der Waals surface area contributed by atoms with E-state index in [-0.39, 0.29) is 11.9 Å². The third kappa shape index (κ3) is 2.52. The molecule has 4 rings (SSSR count). The van der Waals surface area contributed by atoms with Crippen LogP contribution in [-0.4, -0.2) is 29.7 Å². The predicted molar refractivity (Wildman–Crippen MR) is 96.8 cm³/mol. The van der Waals surface area contributed by atoms with Crippen LogP contribution in [0, 0.1) is 12.9 Å². The molecule has 1 N–H and O–H groups in total. The minimum atomic E-state index is -0.564. The van der Waals surface area contributed by atoms with Crippen molar-refractivity contribution in [2.45, 2.75) is 26.8 Å². The van der Waals surface area contributed by atoms with Crippen molar-refractivity contribution in [1.82, 2.24) is 24.5 Å². The fraction of sp³-hybridized carbons (Fsp3) is 0.211. The standard InChI is InChI=1S/C19H18FN5O/c1-11(2)24-10-14-8-13(4-5-16(14)19(24)26)18-12(3)25(23-22-18)15-6-7-21-17(20)9-15/h4-11,26H,1-3H3. The summed E-state index contributed by atoms with van der Waals surface area (Å²) in [6.45, 7) is 5.92. The van der Waals surface area contributed by atoms with Crippen LogP contribution in [0.25, 0.3) is 27.7 Å². The minimum absolute atomic E-state index is 0.162. The number of aromatic nitrogens is 5. The topological polar surface area (TPSA) is 68.8 Å². The molecule has 3 aromatic heterocycles. The van der Waals surface area contributed by atoms with E-state index in [1.807, 2.05) is 49.7 Å². The van der Waals surface area contributed by atoms with Crippen LogP contribution in [0.5, 0.6) is 5.88 Å². The Hall–Kier alpha value is -3.22. The van der Waals surface area contributed by atoms with Gasteiger partial charge in [0.1, 0.15) is 5.69 Å². The second-order valence-electron chi connectivity index (χ2n) is 6.53. The summed E-state index contributed by atoms with van der Waals surface area (Å²) in [7, 11) is 0. The summed E-state index contributed by atoms with van der Waals surface area (Å²) in [4.78, 5) is 3.56. The van der Waals surface area contributed by atoms with Crippen molar-refractivity contribution in [1.29, 1.82) is 0 Å². The number of halogens is 1. The highest BCUT2D eigenvalue weighted by atomic mass is 19.1. The zero-order valence-electron chi connectivity index (χ0n) is 14.7. The van der Waals surface area contributed by atoms with Gasteiger partial charge in [0.25, 0.3) is 0 Å². The molecule has 0 fully saturated rings. The van der Waals surface area contributed by atoms with E-state index in [2.05, 4.69) is 15.3 Å². The largest absolute Gasteiger partial charge is 0.494 e. The van der Waals surface area contributed by atoms with Crippen molar-refractivity contribution < 1.29 is 9.50 Å². The monoisotopic (exact) mass is 351 g/mol. The van der Waals surface area contributed by atoms with Gasteiger partial charge in [-0.15, -0.1) is 5.10 Å². The van der Waals surface area contributed by atoms with Crippen LogP contribution in [0.15, 0.2) is 42.7 Å². The summed E-state index contributed by atoms with van der Waals surface area (Å²) in [5.41, 5.74) is 2.96. The lowest BCUT2D eigenvalue weighted by atomic mass is 10.1. The van der Waals surface area contributed by atoms with Gasteiger partial charge in [0, 0.05) is 40.8 Å². The summed E-state index contributed by atoms with van der Waals surface area (Å²) in [5.74, 6) is -0.306. The van der Waals surface area contributed by atoms with E-state index >= 15 is 0 Å². The second-order valence-corrected chi connectivity index (χ2v) is 6.53. The first-order valence-electron chi connectivity index (χ1n) is 8.34. The number of hydrogen-bond donors (Lipinski definition) is 1. The molecule has 3 heterocycles. The molecule has 4 aromatic rings. The molecule has 7 heteroatoms. The van der Waals surface area contributed by atoms with Gasteiger partial charge in [0.05, 0.1) is 11.4 Å². The number of rotatable bonds is 3. The number of hydrogen-bond acceptors (Lipinski definition) is 4. The second kappa shape index (κ2) is 5.94. The van der Waals surface area contributed by atoms with Gasteiger partial charge in [-0.2, -0.15) is 4.39 Å². The maximum Gasteiger partial charge on any atom is 0.214 e. The van der Waals surface area contributed by atoms with E-state index in [1.54, 1.807) is 10.7 Å². The van der Waals surface area contributed by atoms with Crippen LogP contribution >= 0.6 is 0 Å². The fourth-order valence-electron chi connectivity index (χ4n) is 3.13. The number of fused-ring (bicyclic) bond motifs is 1. The van der Waals surface area contributed by atoms with Crippen molar-refractivity contribution in [2.24, 2.45) is 0 Å². The zero-order valence-corrected chi connectivity index (χ0v) is 14.7. The van der Waals surface area contributed by atoms with Crippen molar-refractivity contribution >= 4 is 10.8 Å². The van der Waals surface area contributed by atoms with Gasteiger partial charge in [0.2, 0.25) is 5.95 Å². The molecule has 1 aromatic carbocycles. The first-order chi connectivity index (χ1) is 12.5. The molecule has 0 amide bonds. The van der Waals surface area contributed by atoms with Crippen molar-refractivity contribution in [3.8, 4) is 22.8 Å². The highest BCUT2D eigenvalue weighted by Crippen LogP contribution is 2.33. The van der Waals surface area contributed by atoms with E-state index in [4.69, 9.17) is 0 Å². The SMILES string of the molecule is Cc1c(-c2ccc3c(O)n(C(C)C)cc3c2)nnn1-c1ccnc(F)c1. The Morgan fingerprint density at radius 2 is 1.96 bits per heavy atom. The molecule has 0 aliphatic rings. The zero-order chi connectivity index (χ0) is 18.4. The Morgan fingerprint density at radius 3 is 2.69 bits per heavy atom. The highest BCUT2D eigenvalue weighted by Gasteiger charge is 2.16. The number of nitrogens with zero attached hydrogens (tertiary/aromatic N) is 5. The van der Waals surface area contributed by atoms with Gasteiger partial charge in [-0.1, -0.05) is 11.3 Å². The molecule has 0 atom stereocenters. The van der Waals surface area contributed by atoms with E-state index in [0.29, 0.717) is 11.4 Å². The maximum absolute atomic E-state index is 13.4. The quantitative estimate of drug-likeness (QED) is 0.566. The summed E-state index contributed by atoms with van der Waals surface area (Å²) in [5, 5.41) is 20.5. The van der Waals surface area contributed by atoms with Crippen molar-refractivity contribution in [3.63, 3.8) is 0 Å². The lowest BCUT2D eigenvalue weighted by Crippen LogP contribution is -2.00. The van der Waals surface area contributed by atoms with Crippen LogP contribution in [0.1, 0.15) is 25.6 Å². The molecule has 0 saturated heterocycles. The first kappa shape index (κ1) is 16.3. The summed E-state index contributed by atoms with van der Waals surface area (Å²) >= 11 is 0. The molecule has 0 radical (unpaired) electrons. The molecule has 26 heavy (non-hydrogen) atoms. The fourth-order valence-corrected chi connectivity index (χ4v) is 3.13. The molecule has 6 nitrogen and oxygen atoms in total. The molecule has 0 spiro atoms. The molecule has 0 aliphatic carbocycles. The van der Waals surface area contributed by atoms with Gasteiger partial charge in [-0.25, -0.2) is 9.67 Å². The minimum Gasteiger partial charge on any atom is -0.494 e.